The van der Waals surface area contributed by atoms with E-state index in [-0.39, 0.29) is 11.3 Å². The fourth-order valence-corrected chi connectivity index (χ4v) is 1.28. The van der Waals surface area contributed by atoms with Gasteiger partial charge < -0.3 is 20.1 Å². The standard InChI is InChI=1S/C7H10N4O3/c1-8-5-3-4-6(14-5)11(13)7(9-2)10(4)12/h3,8,12-13H,1-2H3. The molecule has 0 aromatic carbocycles. The van der Waals surface area contributed by atoms with Crippen LogP contribution in [0.1, 0.15) is 0 Å². The van der Waals surface area contributed by atoms with Crippen molar-refractivity contribution in [2.24, 2.45) is 4.99 Å². The Hall–Kier alpha value is -2.05. The zero-order valence-electron chi connectivity index (χ0n) is 7.72. The van der Waals surface area contributed by atoms with Crippen LogP contribution in [-0.2, 0) is 0 Å². The lowest BCUT2D eigenvalue weighted by atomic mass is 10.5. The number of furan rings is 1. The molecule has 7 nitrogen and oxygen atoms in total. The molecule has 2 aromatic heterocycles. The molecule has 0 spiro atoms. The van der Waals surface area contributed by atoms with Crippen LogP contribution >= 0.6 is 0 Å². The predicted molar refractivity (Wildman–Crippen MR) is 47.6 cm³/mol. The van der Waals surface area contributed by atoms with Gasteiger partial charge in [-0.2, -0.15) is 0 Å². The molecule has 0 atom stereocenters. The summed E-state index contributed by atoms with van der Waals surface area (Å²) in [4.78, 5) is 3.68. The average molecular weight is 198 g/mol. The first-order valence-electron chi connectivity index (χ1n) is 3.95. The van der Waals surface area contributed by atoms with Gasteiger partial charge in [0.05, 0.1) is 0 Å². The minimum Gasteiger partial charge on any atom is -0.425 e. The Balaban J connectivity index is 2.87. The molecule has 0 saturated carbocycles. The van der Waals surface area contributed by atoms with Crippen LogP contribution in [0.15, 0.2) is 15.5 Å². The van der Waals surface area contributed by atoms with Gasteiger partial charge in [-0.3, -0.25) is 4.99 Å². The number of fused-ring (bicyclic) bond motifs is 1. The number of nitrogens with zero attached hydrogens (tertiary/aromatic N) is 3. The first-order chi connectivity index (χ1) is 6.69. The van der Waals surface area contributed by atoms with E-state index in [2.05, 4.69) is 10.3 Å². The average Bonchev–Trinajstić information content (AvgIpc) is 2.69. The van der Waals surface area contributed by atoms with Gasteiger partial charge in [-0.25, -0.2) is 0 Å². The molecule has 0 bridgehead atoms. The Bertz CT molecular complexity index is 492. The van der Waals surface area contributed by atoms with Gasteiger partial charge >= 0.3 is 0 Å². The lowest BCUT2D eigenvalue weighted by molar-refractivity contribution is 0.128. The summed E-state index contributed by atoms with van der Waals surface area (Å²) in [6.07, 6.45) is 0. The van der Waals surface area contributed by atoms with Gasteiger partial charge in [0.1, 0.15) is 0 Å². The van der Waals surface area contributed by atoms with Crippen molar-refractivity contribution in [2.75, 3.05) is 19.4 Å². The molecule has 14 heavy (non-hydrogen) atoms. The molecule has 0 unspecified atom stereocenters. The van der Waals surface area contributed by atoms with Crippen LogP contribution in [-0.4, -0.2) is 34.0 Å². The number of nitrogens with one attached hydrogen (secondary N) is 1. The Morgan fingerprint density at radius 2 is 2.14 bits per heavy atom. The van der Waals surface area contributed by atoms with E-state index in [4.69, 9.17) is 4.42 Å². The highest BCUT2D eigenvalue weighted by molar-refractivity contribution is 5.73. The lowest BCUT2D eigenvalue weighted by Crippen LogP contribution is -2.23. The summed E-state index contributed by atoms with van der Waals surface area (Å²) in [6.45, 7) is 0. The minimum atomic E-state index is 0.00130. The summed E-state index contributed by atoms with van der Waals surface area (Å²) >= 11 is 0. The smallest absolute Gasteiger partial charge is 0.276 e. The molecule has 76 valence electrons. The number of hydrogen-bond acceptors (Lipinski definition) is 5. The van der Waals surface area contributed by atoms with Crippen LogP contribution in [0, 0.1) is 0 Å². The second-order valence-corrected chi connectivity index (χ2v) is 2.70. The summed E-state index contributed by atoms with van der Waals surface area (Å²) in [5.41, 5.74) is 0.483. The third-order valence-corrected chi connectivity index (χ3v) is 1.94. The predicted octanol–water partition coefficient (Wildman–Crippen LogP) is 0.0826. The van der Waals surface area contributed by atoms with Crippen molar-refractivity contribution in [1.29, 1.82) is 0 Å². The summed E-state index contributed by atoms with van der Waals surface area (Å²) in [7, 11) is 3.12. The van der Waals surface area contributed by atoms with Crippen molar-refractivity contribution in [2.45, 2.75) is 0 Å². The Morgan fingerprint density at radius 3 is 2.64 bits per heavy atom. The normalized spacial score (nSPS) is 12.6. The van der Waals surface area contributed by atoms with Crippen LogP contribution in [0.25, 0.3) is 11.2 Å². The molecule has 0 amide bonds. The summed E-state index contributed by atoms with van der Waals surface area (Å²) in [5, 5.41) is 21.8. The van der Waals surface area contributed by atoms with Gasteiger partial charge in [-0.05, 0) is 0 Å². The Morgan fingerprint density at radius 1 is 1.43 bits per heavy atom. The quantitative estimate of drug-likeness (QED) is 0.566. The van der Waals surface area contributed by atoms with Crippen LogP contribution in [0.5, 0.6) is 0 Å². The number of hydrogen-bond donors (Lipinski definition) is 3. The highest BCUT2D eigenvalue weighted by Crippen LogP contribution is 2.20. The zero-order valence-corrected chi connectivity index (χ0v) is 7.72. The summed E-state index contributed by atoms with van der Waals surface area (Å²) in [6, 6.07) is 1.55. The molecule has 0 saturated heterocycles. The molecule has 3 N–H and O–H groups in total. The second-order valence-electron chi connectivity index (χ2n) is 2.70. The lowest BCUT2D eigenvalue weighted by Gasteiger charge is -1.92. The van der Waals surface area contributed by atoms with Gasteiger partial charge in [0.25, 0.3) is 11.3 Å². The van der Waals surface area contributed by atoms with E-state index in [0.717, 1.165) is 4.73 Å². The fraction of sp³-hybridized carbons (Fsp3) is 0.286. The van der Waals surface area contributed by atoms with Crippen molar-refractivity contribution >= 4 is 17.1 Å². The maximum Gasteiger partial charge on any atom is 0.276 e. The maximum atomic E-state index is 9.53. The number of anilines is 1. The van der Waals surface area contributed by atoms with Crippen LogP contribution in [0.2, 0.25) is 0 Å². The number of rotatable bonds is 1. The molecule has 2 rings (SSSR count). The van der Waals surface area contributed by atoms with Crippen molar-refractivity contribution < 1.29 is 14.8 Å². The van der Waals surface area contributed by atoms with Crippen molar-refractivity contribution in [1.82, 2.24) is 9.46 Å². The van der Waals surface area contributed by atoms with E-state index in [1.165, 1.54) is 7.05 Å². The van der Waals surface area contributed by atoms with E-state index in [1.54, 1.807) is 13.1 Å². The fourth-order valence-electron chi connectivity index (χ4n) is 1.28. The third kappa shape index (κ3) is 0.889. The van der Waals surface area contributed by atoms with Crippen LogP contribution in [0.4, 0.5) is 5.88 Å². The first-order valence-corrected chi connectivity index (χ1v) is 3.95. The van der Waals surface area contributed by atoms with Crippen molar-refractivity contribution in [3.63, 3.8) is 0 Å². The monoisotopic (exact) mass is 198 g/mol. The second kappa shape index (κ2) is 2.72. The van der Waals surface area contributed by atoms with Gasteiger partial charge in [-0.1, -0.05) is 0 Å². The van der Waals surface area contributed by atoms with E-state index >= 15 is 0 Å². The van der Waals surface area contributed by atoms with Crippen molar-refractivity contribution in [3.05, 3.63) is 11.7 Å². The zero-order chi connectivity index (χ0) is 10.3. The maximum absolute atomic E-state index is 9.53. The highest BCUT2D eigenvalue weighted by atomic mass is 16.5. The van der Waals surface area contributed by atoms with E-state index in [9.17, 15) is 10.4 Å². The SMILES string of the molecule is CN=c1n(O)c2cc(NC)oc2n1O. The van der Waals surface area contributed by atoms with E-state index < -0.39 is 0 Å². The molecule has 2 heterocycles. The molecular weight excluding hydrogens is 188 g/mol. The van der Waals surface area contributed by atoms with Gasteiger partial charge in [0.2, 0.25) is 0 Å². The minimum absolute atomic E-state index is 0.00130. The molecule has 0 fully saturated rings. The van der Waals surface area contributed by atoms with E-state index in [0.29, 0.717) is 16.1 Å². The molecule has 7 heteroatoms. The molecule has 0 aliphatic rings. The van der Waals surface area contributed by atoms with Gasteiger partial charge in [-0.15, -0.1) is 9.46 Å². The summed E-state index contributed by atoms with van der Waals surface area (Å²) < 4.78 is 6.60. The van der Waals surface area contributed by atoms with Gasteiger partial charge in [0, 0.05) is 20.2 Å². The first kappa shape index (κ1) is 8.54. The Kier molecular flexibility index (Phi) is 1.66. The summed E-state index contributed by atoms with van der Waals surface area (Å²) in [5.74, 6) is 0.447. The number of aromatic nitrogens is 2. The highest BCUT2D eigenvalue weighted by Gasteiger charge is 2.15. The van der Waals surface area contributed by atoms with Crippen LogP contribution in [0.3, 0.4) is 0 Å². The van der Waals surface area contributed by atoms with E-state index in [1.807, 2.05) is 0 Å². The molecule has 2 aromatic rings. The molecule has 0 aliphatic carbocycles. The largest absolute Gasteiger partial charge is 0.425 e. The molecule has 0 radical (unpaired) electrons. The molecule has 0 aliphatic heterocycles. The Labute approximate surface area is 78.4 Å². The van der Waals surface area contributed by atoms with Gasteiger partial charge in [0.15, 0.2) is 11.4 Å². The topological polar surface area (TPSA) is 87.9 Å². The van der Waals surface area contributed by atoms with Crippen LogP contribution < -0.4 is 10.9 Å². The third-order valence-electron chi connectivity index (χ3n) is 1.94. The van der Waals surface area contributed by atoms with Crippen molar-refractivity contribution in [3.8, 4) is 0 Å². The number of imidazole rings is 1. The molecular formula is C7H10N4O3.